The fourth-order valence-corrected chi connectivity index (χ4v) is 1.92. The van der Waals surface area contributed by atoms with Crippen molar-refractivity contribution >= 4 is 23.4 Å². The topological polar surface area (TPSA) is 71.1 Å². The second-order valence-electron chi connectivity index (χ2n) is 4.72. The average molecular weight is 318 g/mol. The Morgan fingerprint density at radius 3 is 2.45 bits per heavy atom. The first-order valence-electron chi connectivity index (χ1n) is 6.80. The molecule has 2 rings (SSSR count). The zero-order chi connectivity index (χ0) is 15.8. The number of hydrogen-bond donors (Lipinski definition) is 2. The summed E-state index contributed by atoms with van der Waals surface area (Å²) in [5.41, 5.74) is 1.75. The van der Waals surface area contributed by atoms with Crippen LogP contribution in [0.3, 0.4) is 0 Å². The van der Waals surface area contributed by atoms with Gasteiger partial charge in [0, 0.05) is 24.0 Å². The molecule has 1 aromatic heterocycles. The first-order valence-corrected chi connectivity index (χ1v) is 7.18. The van der Waals surface area contributed by atoms with Crippen LogP contribution in [0.4, 0.5) is 0 Å². The first-order chi connectivity index (χ1) is 10.6. The Morgan fingerprint density at radius 2 is 1.77 bits per heavy atom. The van der Waals surface area contributed by atoms with Gasteiger partial charge in [-0.05, 0) is 29.3 Å². The maximum atomic E-state index is 11.7. The van der Waals surface area contributed by atoms with Crippen LogP contribution in [0.5, 0.6) is 0 Å². The summed E-state index contributed by atoms with van der Waals surface area (Å²) in [4.78, 5) is 27.4. The van der Waals surface area contributed by atoms with Gasteiger partial charge in [-0.2, -0.15) is 0 Å². The molecule has 22 heavy (non-hydrogen) atoms. The van der Waals surface area contributed by atoms with Crippen molar-refractivity contribution in [3.8, 4) is 0 Å². The zero-order valence-corrected chi connectivity index (χ0v) is 12.6. The van der Waals surface area contributed by atoms with E-state index in [2.05, 4.69) is 15.6 Å². The average Bonchev–Trinajstić information content (AvgIpc) is 2.54. The summed E-state index contributed by atoms with van der Waals surface area (Å²) in [6.07, 6.45) is 3.56. The second kappa shape index (κ2) is 8.14. The van der Waals surface area contributed by atoms with Crippen LogP contribution in [-0.2, 0) is 22.6 Å². The molecule has 0 fully saturated rings. The van der Waals surface area contributed by atoms with Crippen molar-refractivity contribution in [2.45, 2.75) is 13.0 Å². The molecule has 5 nitrogen and oxygen atoms in total. The molecule has 0 saturated carbocycles. The lowest BCUT2D eigenvalue weighted by atomic mass is 10.1. The van der Waals surface area contributed by atoms with E-state index in [9.17, 15) is 9.59 Å². The van der Waals surface area contributed by atoms with Gasteiger partial charge in [-0.15, -0.1) is 0 Å². The van der Waals surface area contributed by atoms with Crippen LogP contribution >= 0.6 is 11.6 Å². The van der Waals surface area contributed by atoms with Crippen molar-refractivity contribution in [2.24, 2.45) is 0 Å². The maximum Gasteiger partial charge on any atom is 0.239 e. The largest absolute Gasteiger partial charge is 0.350 e. The van der Waals surface area contributed by atoms with Gasteiger partial charge in [0.25, 0.3) is 0 Å². The van der Waals surface area contributed by atoms with Gasteiger partial charge in [0.1, 0.15) is 0 Å². The molecule has 0 radical (unpaired) electrons. The molecular weight excluding hydrogens is 302 g/mol. The number of amides is 2. The summed E-state index contributed by atoms with van der Waals surface area (Å²) in [6.45, 7) is 0.340. The molecule has 0 spiro atoms. The fourth-order valence-electron chi connectivity index (χ4n) is 1.79. The summed E-state index contributed by atoms with van der Waals surface area (Å²) in [5.74, 6) is -0.452. The molecule has 0 unspecified atom stereocenters. The van der Waals surface area contributed by atoms with E-state index in [0.29, 0.717) is 11.6 Å². The van der Waals surface area contributed by atoms with Crippen LogP contribution in [0.15, 0.2) is 48.8 Å². The van der Waals surface area contributed by atoms with Crippen LogP contribution in [-0.4, -0.2) is 23.3 Å². The number of aromatic nitrogens is 1. The van der Waals surface area contributed by atoms with E-state index in [1.165, 1.54) is 0 Å². The number of benzene rings is 1. The van der Waals surface area contributed by atoms with E-state index in [-0.39, 0.29) is 24.8 Å². The third-order valence-electron chi connectivity index (χ3n) is 2.94. The van der Waals surface area contributed by atoms with E-state index in [1.54, 1.807) is 42.7 Å². The molecular formula is C16H16ClN3O2. The quantitative estimate of drug-likeness (QED) is 0.852. The highest BCUT2D eigenvalue weighted by atomic mass is 35.5. The van der Waals surface area contributed by atoms with Crippen molar-refractivity contribution in [1.29, 1.82) is 0 Å². The third kappa shape index (κ3) is 5.54. The molecule has 0 aliphatic heterocycles. The Bertz CT molecular complexity index is 630. The summed E-state index contributed by atoms with van der Waals surface area (Å²) in [7, 11) is 0. The van der Waals surface area contributed by atoms with Crippen LogP contribution in [0.25, 0.3) is 0 Å². The fraction of sp³-hybridized carbons (Fsp3) is 0.188. The molecule has 6 heteroatoms. The van der Waals surface area contributed by atoms with Gasteiger partial charge in [-0.1, -0.05) is 29.8 Å². The Morgan fingerprint density at radius 1 is 1.00 bits per heavy atom. The molecule has 0 atom stereocenters. The highest BCUT2D eigenvalue weighted by Gasteiger charge is 2.06. The molecule has 0 aliphatic rings. The molecule has 2 aromatic rings. The summed E-state index contributed by atoms with van der Waals surface area (Å²) >= 11 is 5.78. The predicted octanol–water partition coefficient (Wildman–Crippen LogP) is 1.71. The normalized spacial score (nSPS) is 10.0. The third-order valence-corrected chi connectivity index (χ3v) is 3.19. The van der Waals surface area contributed by atoms with Crippen molar-refractivity contribution in [3.05, 3.63) is 64.9 Å². The Labute approximate surface area is 133 Å². The van der Waals surface area contributed by atoms with E-state index in [4.69, 9.17) is 11.6 Å². The standard InChI is InChI=1S/C16H16ClN3O2/c17-14-5-3-12(4-6-14)8-15(21)20-11-16(22)19-10-13-2-1-7-18-9-13/h1-7,9H,8,10-11H2,(H,19,22)(H,20,21). The maximum absolute atomic E-state index is 11.7. The predicted molar refractivity (Wildman–Crippen MR) is 84.2 cm³/mol. The molecule has 0 saturated heterocycles. The number of rotatable bonds is 6. The van der Waals surface area contributed by atoms with Gasteiger partial charge >= 0.3 is 0 Å². The van der Waals surface area contributed by atoms with Crippen molar-refractivity contribution in [2.75, 3.05) is 6.54 Å². The molecule has 2 N–H and O–H groups in total. The van der Waals surface area contributed by atoms with E-state index >= 15 is 0 Å². The number of halogens is 1. The molecule has 114 valence electrons. The highest BCUT2D eigenvalue weighted by Crippen LogP contribution is 2.09. The van der Waals surface area contributed by atoms with Crippen LogP contribution in [0.1, 0.15) is 11.1 Å². The van der Waals surface area contributed by atoms with Crippen LogP contribution in [0, 0.1) is 0 Å². The molecule has 0 aliphatic carbocycles. The first kappa shape index (κ1) is 16.0. The Hall–Kier alpha value is -2.40. The zero-order valence-electron chi connectivity index (χ0n) is 11.9. The number of nitrogens with one attached hydrogen (secondary N) is 2. The SMILES string of the molecule is O=C(CNC(=O)Cc1ccc(Cl)cc1)NCc1cccnc1. The minimum Gasteiger partial charge on any atom is -0.350 e. The second-order valence-corrected chi connectivity index (χ2v) is 5.15. The number of carbonyl (C=O) groups excluding carboxylic acids is 2. The van der Waals surface area contributed by atoms with Gasteiger partial charge in [-0.25, -0.2) is 0 Å². The minimum absolute atomic E-state index is 0.0489. The highest BCUT2D eigenvalue weighted by molar-refractivity contribution is 6.30. The Kier molecular flexibility index (Phi) is 5.91. The van der Waals surface area contributed by atoms with E-state index in [1.807, 2.05) is 6.07 Å². The number of carbonyl (C=O) groups is 2. The smallest absolute Gasteiger partial charge is 0.239 e. The van der Waals surface area contributed by atoms with Gasteiger partial charge < -0.3 is 10.6 Å². The monoisotopic (exact) mass is 317 g/mol. The van der Waals surface area contributed by atoms with Crippen LogP contribution < -0.4 is 10.6 Å². The van der Waals surface area contributed by atoms with Crippen molar-refractivity contribution in [1.82, 2.24) is 15.6 Å². The Balaban J connectivity index is 1.69. The van der Waals surface area contributed by atoms with Gasteiger partial charge in [0.05, 0.1) is 13.0 Å². The molecule has 2 amide bonds. The van der Waals surface area contributed by atoms with Gasteiger partial charge in [-0.3, -0.25) is 14.6 Å². The van der Waals surface area contributed by atoms with Gasteiger partial charge in [0.15, 0.2) is 0 Å². The number of pyridine rings is 1. The summed E-state index contributed by atoms with van der Waals surface area (Å²) in [6, 6.07) is 10.7. The lowest BCUT2D eigenvalue weighted by Crippen LogP contribution is -2.37. The number of nitrogens with zero attached hydrogens (tertiary/aromatic N) is 1. The summed E-state index contributed by atoms with van der Waals surface area (Å²) in [5, 5.41) is 5.92. The van der Waals surface area contributed by atoms with Gasteiger partial charge in [0.2, 0.25) is 11.8 Å². The van der Waals surface area contributed by atoms with Crippen LogP contribution in [0.2, 0.25) is 5.02 Å². The van der Waals surface area contributed by atoms with E-state index in [0.717, 1.165) is 11.1 Å². The lowest BCUT2D eigenvalue weighted by molar-refractivity contribution is -0.125. The molecule has 1 heterocycles. The lowest BCUT2D eigenvalue weighted by Gasteiger charge is -2.07. The van der Waals surface area contributed by atoms with Crippen molar-refractivity contribution < 1.29 is 9.59 Å². The minimum atomic E-state index is -0.242. The van der Waals surface area contributed by atoms with E-state index < -0.39 is 0 Å². The number of hydrogen-bond acceptors (Lipinski definition) is 3. The van der Waals surface area contributed by atoms with Crippen molar-refractivity contribution in [3.63, 3.8) is 0 Å². The molecule has 0 bridgehead atoms. The summed E-state index contributed by atoms with van der Waals surface area (Å²) < 4.78 is 0. The molecule has 1 aromatic carbocycles.